The van der Waals surface area contributed by atoms with E-state index in [1.165, 1.54) is 0 Å². The van der Waals surface area contributed by atoms with E-state index in [4.69, 9.17) is 10.8 Å². The van der Waals surface area contributed by atoms with Crippen LogP contribution < -0.4 is 10.6 Å². The molecule has 15 heavy (non-hydrogen) atoms. The first-order valence-electron chi connectivity index (χ1n) is 4.73. The highest BCUT2D eigenvalue weighted by Gasteiger charge is 2.29. The molecule has 6 nitrogen and oxygen atoms in total. The summed E-state index contributed by atoms with van der Waals surface area (Å²) in [6.45, 7) is 1.12. The average Bonchev–Trinajstić information content (AvgIpc) is 2.66. The van der Waals surface area contributed by atoms with Gasteiger partial charge in [0.15, 0.2) is 0 Å². The molecule has 0 radical (unpaired) electrons. The van der Waals surface area contributed by atoms with Gasteiger partial charge in [-0.05, 0) is 12.5 Å². The standard InChI is InChI=1S/C9H12N4O2/c10-7-1-3-11-9(12-7)13-4-2-6(5-13)8(14)15/h1,3,6H,2,4-5H2,(H,14,15)(H2,10,11,12)/t6-/m1/s1. The first-order chi connectivity index (χ1) is 7.16. The van der Waals surface area contributed by atoms with Gasteiger partial charge >= 0.3 is 5.97 Å². The van der Waals surface area contributed by atoms with Crippen molar-refractivity contribution in [2.24, 2.45) is 5.92 Å². The first kappa shape index (κ1) is 9.70. The molecule has 0 bridgehead atoms. The van der Waals surface area contributed by atoms with Crippen LogP contribution in [0.5, 0.6) is 0 Å². The average molecular weight is 208 g/mol. The Balaban J connectivity index is 2.11. The number of rotatable bonds is 2. The molecule has 0 saturated carbocycles. The third-order valence-electron chi connectivity index (χ3n) is 2.48. The van der Waals surface area contributed by atoms with Crippen LogP contribution in [0.25, 0.3) is 0 Å². The van der Waals surface area contributed by atoms with Crippen molar-refractivity contribution in [3.63, 3.8) is 0 Å². The maximum Gasteiger partial charge on any atom is 0.308 e. The summed E-state index contributed by atoms with van der Waals surface area (Å²) >= 11 is 0. The molecule has 2 heterocycles. The van der Waals surface area contributed by atoms with Gasteiger partial charge in [-0.15, -0.1) is 0 Å². The Labute approximate surface area is 86.7 Å². The lowest BCUT2D eigenvalue weighted by molar-refractivity contribution is -0.140. The fourth-order valence-corrected chi connectivity index (χ4v) is 1.66. The van der Waals surface area contributed by atoms with Gasteiger partial charge in [-0.25, -0.2) is 4.98 Å². The summed E-state index contributed by atoms with van der Waals surface area (Å²) in [5.41, 5.74) is 5.53. The van der Waals surface area contributed by atoms with Crippen LogP contribution in [0.1, 0.15) is 6.42 Å². The second-order valence-corrected chi connectivity index (χ2v) is 3.55. The van der Waals surface area contributed by atoms with E-state index in [0.717, 1.165) is 0 Å². The number of carbonyl (C=O) groups is 1. The number of carboxylic acids is 1. The van der Waals surface area contributed by atoms with E-state index in [1.807, 2.05) is 4.90 Å². The fraction of sp³-hybridized carbons (Fsp3) is 0.444. The molecule has 1 aromatic heterocycles. The zero-order valence-electron chi connectivity index (χ0n) is 8.13. The maximum absolute atomic E-state index is 10.8. The minimum atomic E-state index is -0.763. The van der Waals surface area contributed by atoms with E-state index in [9.17, 15) is 4.79 Å². The monoisotopic (exact) mass is 208 g/mol. The molecule has 1 fully saturated rings. The van der Waals surface area contributed by atoms with Crippen LogP contribution in [0.15, 0.2) is 12.3 Å². The third kappa shape index (κ3) is 1.98. The van der Waals surface area contributed by atoms with Gasteiger partial charge in [-0.1, -0.05) is 0 Å². The van der Waals surface area contributed by atoms with Crippen molar-refractivity contribution in [1.82, 2.24) is 9.97 Å². The van der Waals surface area contributed by atoms with Crippen LogP contribution in [-0.2, 0) is 4.79 Å². The molecule has 0 spiro atoms. The van der Waals surface area contributed by atoms with Gasteiger partial charge in [0, 0.05) is 19.3 Å². The Bertz CT molecular complexity index is 382. The predicted molar refractivity (Wildman–Crippen MR) is 54.4 cm³/mol. The highest BCUT2D eigenvalue weighted by atomic mass is 16.4. The van der Waals surface area contributed by atoms with Crippen molar-refractivity contribution < 1.29 is 9.90 Å². The molecule has 80 valence electrons. The quantitative estimate of drug-likeness (QED) is 0.709. The number of aliphatic carboxylic acids is 1. The predicted octanol–water partition coefficient (Wildman–Crippen LogP) is -0.0303. The second kappa shape index (κ2) is 3.72. The van der Waals surface area contributed by atoms with Gasteiger partial charge in [0.2, 0.25) is 5.95 Å². The lowest BCUT2D eigenvalue weighted by Crippen LogP contribution is -2.24. The van der Waals surface area contributed by atoms with E-state index >= 15 is 0 Å². The molecule has 1 aliphatic rings. The molecule has 3 N–H and O–H groups in total. The Morgan fingerprint density at radius 3 is 3.07 bits per heavy atom. The number of anilines is 2. The molecule has 0 aromatic carbocycles. The Hall–Kier alpha value is -1.85. The summed E-state index contributed by atoms with van der Waals surface area (Å²) in [7, 11) is 0. The molecule has 1 atom stereocenters. The van der Waals surface area contributed by atoms with Crippen molar-refractivity contribution in [2.45, 2.75) is 6.42 Å². The topological polar surface area (TPSA) is 92.3 Å². The summed E-state index contributed by atoms with van der Waals surface area (Å²) < 4.78 is 0. The highest BCUT2D eigenvalue weighted by molar-refractivity contribution is 5.71. The molecule has 6 heteroatoms. The number of nitrogens with zero attached hydrogens (tertiary/aromatic N) is 3. The van der Waals surface area contributed by atoms with E-state index in [-0.39, 0.29) is 5.92 Å². The Morgan fingerprint density at radius 1 is 1.67 bits per heavy atom. The molecular weight excluding hydrogens is 196 g/mol. The van der Waals surface area contributed by atoms with Gasteiger partial charge in [0.25, 0.3) is 0 Å². The molecule has 0 amide bonds. The van der Waals surface area contributed by atoms with Crippen molar-refractivity contribution in [3.8, 4) is 0 Å². The van der Waals surface area contributed by atoms with Crippen LogP contribution in [0.2, 0.25) is 0 Å². The lowest BCUT2D eigenvalue weighted by Gasteiger charge is -2.15. The zero-order chi connectivity index (χ0) is 10.8. The molecule has 0 aliphatic carbocycles. The minimum Gasteiger partial charge on any atom is -0.481 e. The molecule has 2 rings (SSSR count). The second-order valence-electron chi connectivity index (χ2n) is 3.55. The number of hydrogen-bond acceptors (Lipinski definition) is 5. The van der Waals surface area contributed by atoms with Gasteiger partial charge in [0.05, 0.1) is 5.92 Å². The van der Waals surface area contributed by atoms with Crippen LogP contribution in [-0.4, -0.2) is 34.1 Å². The van der Waals surface area contributed by atoms with Gasteiger partial charge in [-0.3, -0.25) is 4.79 Å². The lowest BCUT2D eigenvalue weighted by atomic mass is 10.1. The summed E-state index contributed by atoms with van der Waals surface area (Å²) in [5, 5.41) is 8.84. The zero-order valence-corrected chi connectivity index (χ0v) is 8.13. The third-order valence-corrected chi connectivity index (χ3v) is 2.48. The fourth-order valence-electron chi connectivity index (χ4n) is 1.66. The number of nitrogens with two attached hydrogens (primary N) is 1. The normalized spacial score (nSPS) is 20.5. The molecule has 1 saturated heterocycles. The number of hydrogen-bond donors (Lipinski definition) is 2. The van der Waals surface area contributed by atoms with Crippen LogP contribution in [0, 0.1) is 5.92 Å². The molecule has 0 unspecified atom stereocenters. The summed E-state index contributed by atoms with van der Waals surface area (Å²) in [4.78, 5) is 20.7. The number of carboxylic acid groups (broad SMARTS) is 1. The largest absolute Gasteiger partial charge is 0.481 e. The van der Waals surface area contributed by atoms with Crippen molar-refractivity contribution in [1.29, 1.82) is 0 Å². The Morgan fingerprint density at radius 2 is 2.47 bits per heavy atom. The maximum atomic E-state index is 10.8. The molecular formula is C9H12N4O2. The summed E-state index contributed by atoms with van der Waals surface area (Å²) in [6, 6.07) is 1.61. The number of aromatic nitrogens is 2. The van der Waals surface area contributed by atoms with Crippen LogP contribution >= 0.6 is 0 Å². The SMILES string of the molecule is Nc1ccnc(N2CC[C@@H](C(=O)O)C2)n1. The Kier molecular flexibility index (Phi) is 2.40. The first-order valence-corrected chi connectivity index (χ1v) is 4.73. The van der Waals surface area contributed by atoms with Gasteiger partial charge in [0.1, 0.15) is 5.82 Å². The van der Waals surface area contributed by atoms with E-state index in [0.29, 0.717) is 31.3 Å². The molecule has 1 aliphatic heterocycles. The van der Waals surface area contributed by atoms with E-state index in [1.54, 1.807) is 12.3 Å². The number of nitrogen functional groups attached to an aromatic ring is 1. The van der Waals surface area contributed by atoms with Crippen LogP contribution in [0.4, 0.5) is 11.8 Å². The molecule has 1 aromatic rings. The van der Waals surface area contributed by atoms with Crippen LogP contribution in [0.3, 0.4) is 0 Å². The van der Waals surface area contributed by atoms with Crippen molar-refractivity contribution in [3.05, 3.63) is 12.3 Å². The van der Waals surface area contributed by atoms with E-state index in [2.05, 4.69) is 9.97 Å². The van der Waals surface area contributed by atoms with Gasteiger partial charge in [-0.2, -0.15) is 4.98 Å². The van der Waals surface area contributed by atoms with Crippen molar-refractivity contribution in [2.75, 3.05) is 23.7 Å². The van der Waals surface area contributed by atoms with Crippen molar-refractivity contribution >= 4 is 17.7 Å². The summed E-state index contributed by atoms with van der Waals surface area (Å²) in [5.74, 6) is -0.172. The summed E-state index contributed by atoms with van der Waals surface area (Å²) in [6.07, 6.45) is 2.21. The smallest absolute Gasteiger partial charge is 0.308 e. The highest BCUT2D eigenvalue weighted by Crippen LogP contribution is 2.20. The van der Waals surface area contributed by atoms with E-state index < -0.39 is 5.97 Å². The van der Waals surface area contributed by atoms with Gasteiger partial charge < -0.3 is 15.7 Å². The minimum absolute atomic E-state index is 0.324.